The first-order chi connectivity index (χ1) is 14.6. The molecule has 0 spiro atoms. The van der Waals surface area contributed by atoms with Gasteiger partial charge in [0.2, 0.25) is 0 Å². The van der Waals surface area contributed by atoms with Crippen LogP contribution < -0.4 is 10.3 Å². The molecule has 154 valence electrons. The summed E-state index contributed by atoms with van der Waals surface area (Å²) < 4.78 is 7.51. The number of benzene rings is 1. The Labute approximate surface area is 186 Å². The monoisotopic (exact) mass is 455 g/mol. The summed E-state index contributed by atoms with van der Waals surface area (Å²) in [6.45, 7) is 2.52. The molecule has 4 aromatic rings. The third-order valence-corrected chi connectivity index (χ3v) is 8.36. The lowest BCUT2D eigenvalue weighted by atomic mass is 10.2. The second-order valence-electron chi connectivity index (χ2n) is 7.42. The summed E-state index contributed by atoms with van der Waals surface area (Å²) >= 11 is 4.84. The van der Waals surface area contributed by atoms with Gasteiger partial charge in [0.05, 0.1) is 11.1 Å². The summed E-state index contributed by atoms with van der Waals surface area (Å²) in [5, 5.41) is 4.58. The van der Waals surface area contributed by atoms with Crippen LogP contribution in [0.3, 0.4) is 0 Å². The molecule has 0 N–H and O–H groups in total. The van der Waals surface area contributed by atoms with Gasteiger partial charge in [-0.15, -0.1) is 22.7 Å². The summed E-state index contributed by atoms with van der Waals surface area (Å²) in [5.41, 5.74) is 3.50. The molecule has 5 rings (SSSR count). The molecule has 0 saturated carbocycles. The summed E-state index contributed by atoms with van der Waals surface area (Å²) in [7, 11) is 1.82. The smallest absolute Gasteiger partial charge is 0.262 e. The largest absolute Gasteiger partial charge is 0.486 e. The van der Waals surface area contributed by atoms with E-state index in [4.69, 9.17) is 9.72 Å². The predicted octanol–water partition coefficient (Wildman–Crippen LogP) is 5.12. The summed E-state index contributed by atoms with van der Waals surface area (Å²) in [6.07, 6.45) is 3.23. The Morgan fingerprint density at radius 2 is 2.03 bits per heavy atom. The van der Waals surface area contributed by atoms with Gasteiger partial charge < -0.3 is 4.74 Å². The molecular weight excluding hydrogens is 434 g/mol. The molecule has 1 aliphatic rings. The Bertz CT molecular complexity index is 1270. The van der Waals surface area contributed by atoms with Gasteiger partial charge in [-0.3, -0.25) is 9.36 Å². The first-order valence-corrected chi connectivity index (χ1v) is 12.5. The molecule has 1 aliphatic carbocycles. The molecule has 0 amide bonds. The van der Waals surface area contributed by atoms with E-state index in [1.165, 1.54) is 16.0 Å². The third kappa shape index (κ3) is 3.79. The minimum atomic E-state index is 0.0763. The van der Waals surface area contributed by atoms with E-state index in [2.05, 4.69) is 17.3 Å². The van der Waals surface area contributed by atoms with Crippen molar-refractivity contribution in [2.45, 2.75) is 43.7 Å². The zero-order chi connectivity index (χ0) is 20.7. The van der Waals surface area contributed by atoms with Crippen LogP contribution >= 0.6 is 34.4 Å². The van der Waals surface area contributed by atoms with Crippen molar-refractivity contribution in [2.75, 3.05) is 0 Å². The molecule has 3 aromatic heterocycles. The fraction of sp³-hybridized carbons (Fsp3) is 0.318. The Kier molecular flexibility index (Phi) is 5.39. The number of hydrogen-bond acceptors (Lipinski definition) is 7. The predicted molar refractivity (Wildman–Crippen MR) is 124 cm³/mol. The van der Waals surface area contributed by atoms with Gasteiger partial charge in [-0.05, 0) is 43.9 Å². The molecule has 0 atom stereocenters. The summed E-state index contributed by atoms with van der Waals surface area (Å²) in [4.78, 5) is 24.6. The van der Waals surface area contributed by atoms with E-state index >= 15 is 0 Å². The van der Waals surface area contributed by atoms with Gasteiger partial charge >= 0.3 is 0 Å². The SMILES string of the molecule is Cc1ccc(OCc2nc(CSc3nc4sc5c(c4c(=O)n3C)CCC5)cs2)cc1. The summed E-state index contributed by atoms with van der Waals surface area (Å²) in [6, 6.07) is 8.02. The standard InChI is InChI=1S/C22H21N3O2S3/c1-13-6-8-15(9-7-13)27-10-18-23-14(11-28-18)12-29-22-24-20-19(21(26)25(22)2)16-4-3-5-17(16)30-20/h6-9,11H,3-5,10,12H2,1-2H3. The molecule has 30 heavy (non-hydrogen) atoms. The molecule has 0 unspecified atom stereocenters. The van der Waals surface area contributed by atoms with Crippen molar-refractivity contribution in [3.63, 3.8) is 0 Å². The van der Waals surface area contributed by atoms with Crippen molar-refractivity contribution in [3.8, 4) is 5.75 Å². The average Bonchev–Trinajstić information content (AvgIpc) is 3.45. The fourth-order valence-electron chi connectivity index (χ4n) is 3.63. The molecule has 0 aliphatic heterocycles. The third-order valence-electron chi connectivity index (χ3n) is 5.24. The van der Waals surface area contributed by atoms with Crippen molar-refractivity contribution >= 4 is 44.7 Å². The normalized spacial score (nSPS) is 13.1. The van der Waals surface area contributed by atoms with E-state index < -0.39 is 0 Å². The second kappa shape index (κ2) is 8.17. The molecule has 0 saturated heterocycles. The minimum absolute atomic E-state index is 0.0763. The van der Waals surface area contributed by atoms with Crippen LogP contribution in [0.1, 0.15) is 33.1 Å². The van der Waals surface area contributed by atoms with E-state index in [-0.39, 0.29) is 5.56 Å². The highest BCUT2D eigenvalue weighted by Crippen LogP contribution is 2.35. The maximum absolute atomic E-state index is 12.9. The molecule has 1 aromatic carbocycles. The topological polar surface area (TPSA) is 57.0 Å². The van der Waals surface area contributed by atoms with Crippen LogP contribution in [0.25, 0.3) is 10.2 Å². The van der Waals surface area contributed by atoms with Crippen molar-refractivity contribution in [2.24, 2.45) is 7.05 Å². The number of thioether (sulfide) groups is 1. The number of hydrogen-bond donors (Lipinski definition) is 0. The Hall–Kier alpha value is -2.16. The van der Waals surface area contributed by atoms with Gasteiger partial charge in [0.15, 0.2) is 5.16 Å². The van der Waals surface area contributed by atoms with Gasteiger partial charge in [-0.25, -0.2) is 9.97 Å². The van der Waals surface area contributed by atoms with Gasteiger partial charge in [-0.1, -0.05) is 29.5 Å². The Balaban J connectivity index is 1.27. The van der Waals surface area contributed by atoms with Gasteiger partial charge in [0, 0.05) is 23.1 Å². The Morgan fingerprint density at radius 1 is 1.20 bits per heavy atom. The number of nitrogens with zero attached hydrogens (tertiary/aromatic N) is 3. The maximum atomic E-state index is 12.9. The zero-order valence-electron chi connectivity index (χ0n) is 16.8. The molecule has 5 nitrogen and oxygen atoms in total. The summed E-state index contributed by atoms with van der Waals surface area (Å²) in [5.74, 6) is 1.53. The second-order valence-corrected chi connectivity index (χ2v) is 10.4. The van der Waals surface area contributed by atoms with Gasteiger partial charge in [0.1, 0.15) is 22.2 Å². The van der Waals surface area contributed by atoms with Crippen molar-refractivity contribution in [3.05, 3.63) is 66.7 Å². The lowest BCUT2D eigenvalue weighted by Crippen LogP contribution is -2.20. The highest BCUT2D eigenvalue weighted by molar-refractivity contribution is 7.98. The van der Waals surface area contributed by atoms with Crippen molar-refractivity contribution in [1.29, 1.82) is 0 Å². The lowest BCUT2D eigenvalue weighted by molar-refractivity contribution is 0.305. The molecule has 0 bridgehead atoms. The fourth-order valence-corrected chi connectivity index (χ4v) is 6.61. The maximum Gasteiger partial charge on any atom is 0.262 e. The van der Waals surface area contributed by atoms with Crippen LogP contribution in [0.2, 0.25) is 0 Å². The molecule has 0 fully saturated rings. The van der Waals surface area contributed by atoms with Crippen molar-refractivity contribution < 1.29 is 4.74 Å². The van der Waals surface area contributed by atoms with Crippen LogP contribution in [0.5, 0.6) is 5.75 Å². The minimum Gasteiger partial charge on any atom is -0.486 e. The lowest BCUT2D eigenvalue weighted by Gasteiger charge is -2.06. The van der Waals surface area contributed by atoms with Crippen molar-refractivity contribution in [1.82, 2.24) is 14.5 Å². The quantitative estimate of drug-likeness (QED) is 0.298. The first kappa shape index (κ1) is 19.8. The number of thiazole rings is 1. The number of rotatable bonds is 6. The number of aromatic nitrogens is 3. The Morgan fingerprint density at radius 3 is 2.87 bits per heavy atom. The van der Waals surface area contributed by atoms with Crippen LogP contribution in [-0.2, 0) is 32.2 Å². The number of aryl methyl sites for hydroxylation is 3. The number of thiophene rings is 1. The zero-order valence-corrected chi connectivity index (χ0v) is 19.3. The van der Waals surface area contributed by atoms with Crippen LogP contribution in [0, 0.1) is 6.92 Å². The molecule has 0 radical (unpaired) electrons. The molecule has 3 heterocycles. The van der Waals surface area contributed by atoms with Crippen LogP contribution in [-0.4, -0.2) is 14.5 Å². The van der Waals surface area contributed by atoms with Gasteiger partial charge in [0.25, 0.3) is 5.56 Å². The van der Waals surface area contributed by atoms with Crippen LogP contribution in [0.4, 0.5) is 0 Å². The molecule has 8 heteroatoms. The van der Waals surface area contributed by atoms with E-state index in [0.29, 0.717) is 12.4 Å². The molecular formula is C22H21N3O2S3. The number of ether oxygens (including phenoxy) is 1. The van der Waals surface area contributed by atoms with E-state index in [1.54, 1.807) is 39.0 Å². The number of fused-ring (bicyclic) bond motifs is 3. The van der Waals surface area contributed by atoms with E-state index in [0.717, 1.165) is 51.1 Å². The van der Waals surface area contributed by atoms with E-state index in [1.807, 2.05) is 31.3 Å². The highest BCUT2D eigenvalue weighted by Gasteiger charge is 2.22. The van der Waals surface area contributed by atoms with Crippen LogP contribution in [0.15, 0.2) is 39.6 Å². The first-order valence-electron chi connectivity index (χ1n) is 9.85. The average molecular weight is 456 g/mol. The highest BCUT2D eigenvalue weighted by atomic mass is 32.2. The van der Waals surface area contributed by atoms with E-state index in [9.17, 15) is 4.79 Å². The van der Waals surface area contributed by atoms with Gasteiger partial charge in [-0.2, -0.15) is 0 Å².